The van der Waals surface area contributed by atoms with Crippen LogP contribution in [0.5, 0.6) is 0 Å². The maximum atomic E-state index is 12.6. The lowest BCUT2D eigenvalue weighted by atomic mass is 10.1. The van der Waals surface area contributed by atoms with E-state index in [0.717, 1.165) is 28.2 Å². The molecule has 0 spiro atoms. The number of benzene rings is 2. The molecule has 2 aromatic carbocycles. The monoisotopic (exact) mass is 455 g/mol. The van der Waals surface area contributed by atoms with E-state index >= 15 is 0 Å². The van der Waals surface area contributed by atoms with Crippen molar-refractivity contribution in [2.45, 2.75) is 11.1 Å². The predicted molar refractivity (Wildman–Crippen MR) is 122 cm³/mol. The second kappa shape index (κ2) is 8.39. The fraction of sp³-hybridized carbons (Fsp3) is 0.0476. The van der Waals surface area contributed by atoms with E-state index in [9.17, 15) is 13.2 Å². The van der Waals surface area contributed by atoms with Crippen LogP contribution in [0.15, 0.2) is 75.6 Å². The number of sulfonamides is 1. The van der Waals surface area contributed by atoms with Gasteiger partial charge in [-0.1, -0.05) is 42.0 Å². The van der Waals surface area contributed by atoms with E-state index in [1.165, 1.54) is 23.5 Å². The minimum absolute atomic E-state index is 0.212. The number of nitrogens with zero attached hydrogens (tertiary/aromatic N) is 1. The van der Waals surface area contributed by atoms with Crippen LogP contribution >= 0.6 is 22.7 Å². The lowest BCUT2D eigenvalue weighted by Crippen LogP contribution is -2.14. The minimum atomic E-state index is -3.68. The molecule has 152 valence electrons. The average Bonchev–Trinajstić information content (AvgIpc) is 3.41. The Hall–Kier alpha value is -3.01. The normalized spacial score (nSPS) is 11.2. The Morgan fingerprint density at radius 1 is 1.00 bits per heavy atom. The molecule has 0 unspecified atom stereocenters. The van der Waals surface area contributed by atoms with Crippen LogP contribution < -0.4 is 10.0 Å². The molecule has 2 aromatic heterocycles. The first kappa shape index (κ1) is 20.3. The number of hydrogen-bond donors (Lipinski definition) is 2. The molecule has 0 bridgehead atoms. The third-order valence-electron chi connectivity index (χ3n) is 4.21. The van der Waals surface area contributed by atoms with Gasteiger partial charge in [-0.25, -0.2) is 13.4 Å². The van der Waals surface area contributed by atoms with Gasteiger partial charge in [0.25, 0.3) is 15.9 Å². The number of carbonyl (C=O) groups excluding carboxylic acids is 1. The van der Waals surface area contributed by atoms with E-state index in [0.29, 0.717) is 16.4 Å². The maximum Gasteiger partial charge on any atom is 0.271 e. The quantitative estimate of drug-likeness (QED) is 0.416. The predicted octanol–water partition coefficient (Wildman–Crippen LogP) is 5.23. The highest BCUT2D eigenvalue weighted by Gasteiger charge is 2.16. The number of anilines is 2. The Balaban J connectivity index is 1.48. The number of aromatic nitrogens is 1. The molecule has 2 N–H and O–H groups in total. The lowest BCUT2D eigenvalue weighted by Gasteiger charge is -2.08. The molecule has 2 heterocycles. The number of thiazole rings is 1. The van der Waals surface area contributed by atoms with Crippen LogP contribution in [0.3, 0.4) is 0 Å². The van der Waals surface area contributed by atoms with E-state index in [1.807, 2.05) is 36.6 Å². The van der Waals surface area contributed by atoms with Gasteiger partial charge in [0.15, 0.2) is 5.13 Å². The number of amides is 1. The van der Waals surface area contributed by atoms with Crippen LogP contribution in [-0.2, 0) is 10.0 Å². The minimum Gasteiger partial charge on any atom is -0.298 e. The van der Waals surface area contributed by atoms with E-state index in [1.54, 1.807) is 29.6 Å². The van der Waals surface area contributed by atoms with Crippen LogP contribution in [0.1, 0.15) is 15.9 Å². The summed E-state index contributed by atoms with van der Waals surface area (Å²) in [6.45, 7) is 2.02. The summed E-state index contributed by atoms with van der Waals surface area (Å²) < 4.78 is 27.5. The summed E-state index contributed by atoms with van der Waals surface area (Å²) in [5.41, 5.74) is 3.57. The molecular formula is C21H17N3O3S3. The van der Waals surface area contributed by atoms with E-state index in [-0.39, 0.29) is 10.1 Å². The first-order chi connectivity index (χ1) is 14.4. The van der Waals surface area contributed by atoms with Crippen molar-refractivity contribution in [3.05, 3.63) is 82.6 Å². The summed E-state index contributed by atoms with van der Waals surface area (Å²) in [4.78, 5) is 17.1. The molecule has 0 saturated carbocycles. The first-order valence-corrected chi connectivity index (χ1v) is 12.2. The second-order valence-electron chi connectivity index (χ2n) is 6.48. The standard InChI is InChI=1S/C21H17N3O3S3/c1-14-7-9-15(10-8-14)18-13-29-21(22-18)23-20(25)16-4-2-5-17(12-16)24-30(26,27)19-6-3-11-28-19/h2-13,24H,1H3,(H,22,23,25). The number of thiophene rings is 1. The lowest BCUT2D eigenvalue weighted by molar-refractivity contribution is 0.102. The highest BCUT2D eigenvalue weighted by atomic mass is 32.2. The molecule has 0 saturated heterocycles. The fourth-order valence-corrected chi connectivity index (χ4v) is 5.46. The fourth-order valence-electron chi connectivity index (χ4n) is 2.70. The Kier molecular flexibility index (Phi) is 5.67. The molecule has 0 atom stereocenters. The van der Waals surface area contributed by atoms with Gasteiger partial charge in [0.05, 0.1) is 5.69 Å². The number of aryl methyl sites for hydroxylation is 1. The SMILES string of the molecule is Cc1ccc(-c2csc(NC(=O)c3cccc(NS(=O)(=O)c4cccs4)c3)n2)cc1. The van der Waals surface area contributed by atoms with Crippen molar-refractivity contribution in [2.24, 2.45) is 0 Å². The number of rotatable bonds is 6. The molecule has 1 amide bonds. The van der Waals surface area contributed by atoms with Gasteiger partial charge in [0, 0.05) is 22.2 Å². The summed E-state index contributed by atoms with van der Waals surface area (Å²) in [6, 6.07) is 17.5. The topological polar surface area (TPSA) is 88.2 Å². The van der Waals surface area contributed by atoms with Crippen molar-refractivity contribution in [1.29, 1.82) is 0 Å². The van der Waals surface area contributed by atoms with Gasteiger partial charge >= 0.3 is 0 Å². The largest absolute Gasteiger partial charge is 0.298 e. The molecule has 9 heteroatoms. The molecule has 6 nitrogen and oxygen atoms in total. The highest BCUT2D eigenvalue weighted by molar-refractivity contribution is 7.94. The van der Waals surface area contributed by atoms with Gasteiger partial charge < -0.3 is 0 Å². The van der Waals surface area contributed by atoms with Crippen molar-refractivity contribution in [1.82, 2.24) is 4.98 Å². The summed E-state index contributed by atoms with van der Waals surface area (Å²) in [5.74, 6) is -0.364. The Labute approximate surface area is 182 Å². The first-order valence-electron chi connectivity index (χ1n) is 8.91. The summed E-state index contributed by atoms with van der Waals surface area (Å²) in [7, 11) is -3.68. The third-order valence-corrected chi connectivity index (χ3v) is 7.75. The van der Waals surface area contributed by atoms with Crippen LogP contribution in [-0.4, -0.2) is 19.3 Å². The molecule has 0 aliphatic heterocycles. The van der Waals surface area contributed by atoms with Crippen molar-refractivity contribution in [3.8, 4) is 11.3 Å². The van der Waals surface area contributed by atoms with Crippen molar-refractivity contribution >= 4 is 49.4 Å². The zero-order valence-electron chi connectivity index (χ0n) is 15.8. The molecular weight excluding hydrogens is 438 g/mol. The summed E-state index contributed by atoms with van der Waals surface area (Å²) in [5, 5.41) is 6.82. The molecule has 0 radical (unpaired) electrons. The maximum absolute atomic E-state index is 12.6. The average molecular weight is 456 g/mol. The van der Waals surface area contributed by atoms with Crippen molar-refractivity contribution in [2.75, 3.05) is 10.0 Å². The smallest absolute Gasteiger partial charge is 0.271 e. The van der Waals surface area contributed by atoms with Crippen LogP contribution in [0.4, 0.5) is 10.8 Å². The molecule has 4 rings (SSSR count). The van der Waals surface area contributed by atoms with Crippen molar-refractivity contribution in [3.63, 3.8) is 0 Å². The zero-order valence-corrected chi connectivity index (χ0v) is 18.3. The van der Waals surface area contributed by atoms with Gasteiger partial charge in [-0.15, -0.1) is 22.7 Å². The summed E-state index contributed by atoms with van der Waals surface area (Å²) in [6.07, 6.45) is 0. The van der Waals surface area contributed by atoms with Gasteiger partial charge in [0.1, 0.15) is 4.21 Å². The van der Waals surface area contributed by atoms with Crippen LogP contribution in [0.25, 0.3) is 11.3 Å². The zero-order chi connectivity index (χ0) is 21.1. The number of nitrogens with one attached hydrogen (secondary N) is 2. The second-order valence-corrected chi connectivity index (χ2v) is 10.2. The van der Waals surface area contributed by atoms with E-state index in [2.05, 4.69) is 15.0 Å². The molecule has 0 aliphatic rings. The Bertz CT molecular complexity index is 1280. The Morgan fingerprint density at radius 2 is 1.80 bits per heavy atom. The van der Waals surface area contributed by atoms with Gasteiger partial charge in [0.2, 0.25) is 0 Å². The Morgan fingerprint density at radius 3 is 2.53 bits per heavy atom. The van der Waals surface area contributed by atoms with Crippen LogP contribution in [0.2, 0.25) is 0 Å². The molecule has 0 fully saturated rings. The van der Waals surface area contributed by atoms with Crippen LogP contribution in [0, 0.1) is 6.92 Å². The van der Waals surface area contributed by atoms with Crippen molar-refractivity contribution < 1.29 is 13.2 Å². The number of carbonyl (C=O) groups is 1. The third kappa shape index (κ3) is 4.59. The van der Waals surface area contributed by atoms with Gasteiger partial charge in [-0.2, -0.15) is 0 Å². The van der Waals surface area contributed by atoms with Gasteiger partial charge in [-0.3, -0.25) is 14.8 Å². The van der Waals surface area contributed by atoms with Gasteiger partial charge in [-0.05, 0) is 36.6 Å². The number of hydrogen-bond acceptors (Lipinski definition) is 6. The van der Waals surface area contributed by atoms with E-state index in [4.69, 9.17) is 0 Å². The van der Waals surface area contributed by atoms with E-state index < -0.39 is 10.0 Å². The highest BCUT2D eigenvalue weighted by Crippen LogP contribution is 2.26. The molecule has 30 heavy (non-hydrogen) atoms. The molecule has 4 aromatic rings. The summed E-state index contributed by atoms with van der Waals surface area (Å²) >= 11 is 2.46. The molecule has 0 aliphatic carbocycles.